The summed E-state index contributed by atoms with van der Waals surface area (Å²) in [5.41, 5.74) is 5.63. The number of rotatable bonds is 4. The Morgan fingerprint density at radius 3 is 2.69 bits per heavy atom. The fraction of sp³-hybridized carbons (Fsp3) is 0.273. The number of anilines is 1. The molecule has 4 heteroatoms. The lowest BCUT2D eigenvalue weighted by atomic mass is 9.88. The van der Waals surface area contributed by atoms with Crippen LogP contribution in [-0.2, 0) is 13.0 Å². The minimum atomic E-state index is 0.0526. The van der Waals surface area contributed by atoms with Gasteiger partial charge in [0.2, 0.25) is 0 Å². The molecule has 0 amide bonds. The maximum Gasteiger partial charge on any atom is 0.130 e. The first-order valence-corrected chi connectivity index (χ1v) is 9.13. The molecule has 0 aliphatic heterocycles. The summed E-state index contributed by atoms with van der Waals surface area (Å²) < 4.78 is 0. The van der Waals surface area contributed by atoms with E-state index in [1.54, 1.807) is 0 Å². The number of nitrogens with one attached hydrogen (secondary N) is 1. The number of hydrogen-bond acceptors (Lipinski definition) is 4. The molecule has 1 atom stereocenters. The topological polar surface area (TPSA) is 58.0 Å². The number of aliphatic hydroxyl groups is 1. The van der Waals surface area contributed by atoms with Crippen molar-refractivity contribution in [2.24, 2.45) is 0 Å². The number of aryl methyl sites for hydroxylation is 2. The third kappa shape index (κ3) is 3.46. The average molecular weight is 345 g/mol. The van der Waals surface area contributed by atoms with Gasteiger partial charge in [0.15, 0.2) is 0 Å². The summed E-state index contributed by atoms with van der Waals surface area (Å²) >= 11 is 0. The fourth-order valence-electron chi connectivity index (χ4n) is 3.65. The lowest BCUT2D eigenvalue weighted by Gasteiger charge is -2.27. The molecule has 26 heavy (non-hydrogen) atoms. The van der Waals surface area contributed by atoms with Crippen LogP contribution in [0, 0.1) is 6.92 Å². The molecule has 0 saturated carbocycles. The number of hydrogen-bond donors (Lipinski definition) is 2. The van der Waals surface area contributed by atoms with Crippen LogP contribution in [0.2, 0.25) is 0 Å². The number of benzene rings is 2. The summed E-state index contributed by atoms with van der Waals surface area (Å²) in [4.78, 5) is 9.18. The van der Waals surface area contributed by atoms with E-state index in [1.807, 2.05) is 37.3 Å². The van der Waals surface area contributed by atoms with Gasteiger partial charge in [-0.1, -0.05) is 48.5 Å². The van der Waals surface area contributed by atoms with Crippen LogP contribution < -0.4 is 5.32 Å². The van der Waals surface area contributed by atoms with E-state index in [2.05, 4.69) is 39.6 Å². The third-order valence-electron chi connectivity index (χ3n) is 4.96. The Bertz CT molecular complexity index is 906. The minimum absolute atomic E-state index is 0.0526. The summed E-state index contributed by atoms with van der Waals surface area (Å²) in [7, 11) is 0. The van der Waals surface area contributed by atoms with Gasteiger partial charge in [-0.05, 0) is 42.9 Å². The highest BCUT2D eigenvalue weighted by molar-refractivity contribution is 5.63. The molecule has 2 aromatic carbocycles. The van der Waals surface area contributed by atoms with Crippen LogP contribution in [0.25, 0.3) is 11.3 Å². The molecular formula is C22H23N3O. The third-order valence-corrected chi connectivity index (χ3v) is 4.96. The van der Waals surface area contributed by atoms with Crippen LogP contribution >= 0.6 is 0 Å². The fourth-order valence-corrected chi connectivity index (χ4v) is 3.65. The standard InChI is InChI=1S/C22H23N3O/c1-15-23-21(18-11-9-16(14-26)10-12-18)13-22(24-15)25-20-8-4-6-17-5-2-3-7-19(17)20/h2-3,5,7,9-13,20,26H,4,6,8,14H2,1H3,(H,23,24,25)/t20-/m1/s1. The largest absolute Gasteiger partial charge is 0.392 e. The van der Waals surface area contributed by atoms with E-state index >= 15 is 0 Å². The second-order valence-electron chi connectivity index (χ2n) is 6.83. The van der Waals surface area contributed by atoms with Gasteiger partial charge in [-0.25, -0.2) is 9.97 Å². The summed E-state index contributed by atoms with van der Waals surface area (Å²) in [6.45, 7) is 1.97. The Morgan fingerprint density at radius 2 is 1.88 bits per heavy atom. The lowest BCUT2D eigenvalue weighted by molar-refractivity contribution is 0.282. The zero-order chi connectivity index (χ0) is 17.9. The molecule has 0 radical (unpaired) electrons. The Kier molecular flexibility index (Phi) is 4.67. The van der Waals surface area contributed by atoms with Crippen molar-refractivity contribution in [3.63, 3.8) is 0 Å². The van der Waals surface area contributed by atoms with Crippen LogP contribution in [0.15, 0.2) is 54.6 Å². The van der Waals surface area contributed by atoms with Crippen molar-refractivity contribution >= 4 is 5.82 Å². The molecule has 1 heterocycles. The zero-order valence-corrected chi connectivity index (χ0v) is 14.9. The van der Waals surface area contributed by atoms with Gasteiger partial charge in [0.1, 0.15) is 11.6 Å². The maximum absolute atomic E-state index is 9.21. The van der Waals surface area contributed by atoms with E-state index in [0.717, 1.165) is 41.3 Å². The molecule has 4 nitrogen and oxygen atoms in total. The van der Waals surface area contributed by atoms with E-state index in [9.17, 15) is 5.11 Å². The van der Waals surface area contributed by atoms with E-state index in [1.165, 1.54) is 17.5 Å². The predicted octanol–water partition coefficient (Wildman–Crippen LogP) is 4.43. The predicted molar refractivity (Wildman–Crippen MR) is 104 cm³/mol. The monoisotopic (exact) mass is 345 g/mol. The molecule has 1 aliphatic rings. The van der Waals surface area contributed by atoms with Crippen molar-refractivity contribution in [3.05, 3.63) is 77.1 Å². The van der Waals surface area contributed by atoms with Crippen LogP contribution in [0.4, 0.5) is 5.82 Å². The summed E-state index contributed by atoms with van der Waals surface area (Å²) in [5.74, 6) is 1.61. The van der Waals surface area contributed by atoms with Crippen LogP contribution in [-0.4, -0.2) is 15.1 Å². The average Bonchev–Trinajstić information content (AvgIpc) is 2.68. The summed E-state index contributed by atoms with van der Waals surface area (Å²) in [6, 6.07) is 18.8. The Balaban J connectivity index is 1.63. The maximum atomic E-state index is 9.21. The highest BCUT2D eigenvalue weighted by Crippen LogP contribution is 2.32. The van der Waals surface area contributed by atoms with Crippen molar-refractivity contribution in [2.45, 2.75) is 38.8 Å². The smallest absolute Gasteiger partial charge is 0.130 e. The number of aliphatic hydroxyl groups excluding tert-OH is 1. The molecule has 0 bridgehead atoms. The summed E-state index contributed by atoms with van der Waals surface area (Å²) in [5, 5.41) is 12.8. The Hall–Kier alpha value is -2.72. The molecule has 2 N–H and O–H groups in total. The molecule has 0 saturated heterocycles. The number of fused-ring (bicyclic) bond motifs is 1. The highest BCUT2D eigenvalue weighted by Gasteiger charge is 2.20. The van der Waals surface area contributed by atoms with E-state index < -0.39 is 0 Å². The number of nitrogens with zero attached hydrogens (tertiary/aromatic N) is 2. The second kappa shape index (κ2) is 7.26. The first-order valence-electron chi connectivity index (χ1n) is 9.13. The molecule has 0 unspecified atom stereocenters. The van der Waals surface area contributed by atoms with Crippen LogP contribution in [0.3, 0.4) is 0 Å². The minimum Gasteiger partial charge on any atom is -0.392 e. The van der Waals surface area contributed by atoms with Gasteiger partial charge in [0.25, 0.3) is 0 Å². The molecule has 0 fully saturated rings. The van der Waals surface area contributed by atoms with Gasteiger partial charge in [-0.2, -0.15) is 0 Å². The van der Waals surface area contributed by atoms with E-state index in [4.69, 9.17) is 0 Å². The zero-order valence-electron chi connectivity index (χ0n) is 14.9. The molecule has 3 aromatic rings. The Morgan fingerprint density at radius 1 is 1.08 bits per heavy atom. The quantitative estimate of drug-likeness (QED) is 0.734. The van der Waals surface area contributed by atoms with Crippen molar-refractivity contribution in [1.29, 1.82) is 0 Å². The highest BCUT2D eigenvalue weighted by atomic mass is 16.3. The van der Waals surface area contributed by atoms with Gasteiger partial charge in [-0.3, -0.25) is 0 Å². The van der Waals surface area contributed by atoms with Crippen molar-refractivity contribution in [1.82, 2.24) is 9.97 Å². The van der Waals surface area contributed by atoms with Crippen molar-refractivity contribution < 1.29 is 5.11 Å². The Labute approximate surface area is 154 Å². The molecule has 132 valence electrons. The SMILES string of the molecule is Cc1nc(N[C@@H]2CCCc3ccccc32)cc(-c2ccc(CO)cc2)n1. The normalized spacial score (nSPS) is 16.2. The molecular weight excluding hydrogens is 322 g/mol. The van der Waals surface area contributed by atoms with Gasteiger partial charge in [-0.15, -0.1) is 0 Å². The molecule has 1 aliphatic carbocycles. The first kappa shape index (κ1) is 16.7. The van der Waals surface area contributed by atoms with Crippen molar-refractivity contribution in [2.75, 3.05) is 5.32 Å². The molecule has 4 rings (SSSR count). The second-order valence-corrected chi connectivity index (χ2v) is 6.83. The lowest BCUT2D eigenvalue weighted by Crippen LogP contribution is -2.18. The first-order chi connectivity index (χ1) is 12.7. The van der Waals surface area contributed by atoms with Crippen molar-refractivity contribution in [3.8, 4) is 11.3 Å². The molecule has 1 aromatic heterocycles. The molecule has 0 spiro atoms. The summed E-state index contributed by atoms with van der Waals surface area (Å²) in [6.07, 6.45) is 3.45. The van der Waals surface area contributed by atoms with Gasteiger partial charge >= 0.3 is 0 Å². The van der Waals surface area contributed by atoms with Gasteiger partial charge in [0, 0.05) is 11.6 Å². The van der Waals surface area contributed by atoms with Crippen LogP contribution in [0.5, 0.6) is 0 Å². The van der Waals surface area contributed by atoms with Gasteiger partial charge < -0.3 is 10.4 Å². The van der Waals surface area contributed by atoms with E-state index in [-0.39, 0.29) is 6.61 Å². The van der Waals surface area contributed by atoms with Gasteiger partial charge in [0.05, 0.1) is 18.3 Å². The number of aromatic nitrogens is 2. The van der Waals surface area contributed by atoms with E-state index in [0.29, 0.717) is 6.04 Å². The van der Waals surface area contributed by atoms with Crippen LogP contribution in [0.1, 0.15) is 41.4 Å².